The van der Waals surface area contributed by atoms with Gasteiger partial charge in [0, 0.05) is 23.0 Å². The first-order chi connectivity index (χ1) is 11.7. The van der Waals surface area contributed by atoms with E-state index < -0.39 is 0 Å². The highest BCUT2D eigenvalue weighted by atomic mass is 32.2. The van der Waals surface area contributed by atoms with Crippen molar-refractivity contribution < 1.29 is 0 Å². The number of nitrogens with zero attached hydrogens (tertiary/aromatic N) is 4. The van der Waals surface area contributed by atoms with Crippen molar-refractivity contribution in [1.82, 2.24) is 19.5 Å². The number of imidazole rings is 1. The Morgan fingerprint density at radius 2 is 1.92 bits per heavy atom. The van der Waals surface area contributed by atoms with Crippen molar-refractivity contribution in [3.8, 4) is 11.5 Å². The maximum absolute atomic E-state index is 4.92. The van der Waals surface area contributed by atoms with Crippen molar-refractivity contribution in [2.45, 2.75) is 18.7 Å². The Morgan fingerprint density at radius 3 is 2.75 bits per heavy atom. The molecule has 0 fully saturated rings. The molecule has 1 aromatic carbocycles. The maximum atomic E-state index is 4.92. The van der Waals surface area contributed by atoms with Gasteiger partial charge in [-0.05, 0) is 30.9 Å². The monoisotopic (exact) mass is 334 g/mol. The van der Waals surface area contributed by atoms with Gasteiger partial charge in [0.1, 0.15) is 5.69 Å². The lowest BCUT2D eigenvalue weighted by molar-refractivity contribution is 0.942. The molecule has 0 bridgehead atoms. The van der Waals surface area contributed by atoms with Crippen LogP contribution >= 0.6 is 11.8 Å². The van der Waals surface area contributed by atoms with Gasteiger partial charge < -0.3 is 4.57 Å². The Kier molecular flexibility index (Phi) is 3.73. The molecule has 5 heteroatoms. The summed E-state index contributed by atoms with van der Waals surface area (Å²) in [4.78, 5) is 15.3. The molecule has 0 saturated heterocycles. The molecule has 3 heterocycles. The van der Waals surface area contributed by atoms with Gasteiger partial charge in [-0.25, -0.2) is 9.97 Å². The number of para-hydroxylation sites is 1. The molecule has 0 aliphatic heterocycles. The predicted molar refractivity (Wildman–Crippen MR) is 100 cm³/mol. The second-order valence-electron chi connectivity index (χ2n) is 5.77. The normalized spacial score (nSPS) is 11.5. The lowest BCUT2D eigenvalue weighted by Gasteiger charge is -2.09. The second-order valence-corrected chi connectivity index (χ2v) is 7.08. The first-order valence-corrected chi connectivity index (χ1v) is 8.98. The predicted octanol–water partition coefficient (Wildman–Crippen LogP) is 4.60. The molecule has 3 aromatic heterocycles. The van der Waals surface area contributed by atoms with Crippen LogP contribution in [0.4, 0.5) is 0 Å². The van der Waals surface area contributed by atoms with Gasteiger partial charge in [-0.3, -0.25) is 4.98 Å². The molecule has 0 saturated carbocycles. The van der Waals surface area contributed by atoms with E-state index in [1.165, 1.54) is 4.90 Å². The number of hydrogen-bond acceptors (Lipinski definition) is 4. The fraction of sp³-hybridized carbons (Fsp3) is 0.211. The van der Waals surface area contributed by atoms with E-state index >= 15 is 0 Å². The molecule has 0 aliphatic rings. The molecular weight excluding hydrogens is 316 g/mol. The summed E-state index contributed by atoms with van der Waals surface area (Å²) in [7, 11) is 2.03. The summed E-state index contributed by atoms with van der Waals surface area (Å²) in [5, 5.41) is 1.16. The largest absolute Gasteiger partial charge is 0.325 e. The minimum atomic E-state index is 0.888. The van der Waals surface area contributed by atoms with E-state index in [4.69, 9.17) is 9.97 Å². The Hall–Kier alpha value is -2.40. The third-order valence-electron chi connectivity index (χ3n) is 4.10. The average molecular weight is 334 g/mol. The Morgan fingerprint density at radius 1 is 1.08 bits per heavy atom. The third-order valence-corrected chi connectivity index (χ3v) is 5.02. The minimum Gasteiger partial charge on any atom is -0.325 e. The van der Waals surface area contributed by atoms with E-state index in [1.54, 1.807) is 11.8 Å². The molecule has 4 aromatic rings. The summed E-state index contributed by atoms with van der Waals surface area (Å²) in [5.74, 6) is 1.89. The van der Waals surface area contributed by atoms with Crippen LogP contribution in [0.3, 0.4) is 0 Å². The highest BCUT2D eigenvalue weighted by Crippen LogP contribution is 2.33. The standard InChI is InChI=1S/C19H18N4S/c1-4-24-17-10-13-7-5-6-8-14(13)21-18(17)19-22-15-9-12(2)20-11-16(15)23(19)3/h5-11H,4H2,1-3H3. The number of thioether (sulfide) groups is 1. The smallest absolute Gasteiger partial charge is 0.160 e. The third kappa shape index (κ3) is 2.45. The van der Waals surface area contributed by atoms with Crippen LogP contribution < -0.4 is 0 Å². The minimum absolute atomic E-state index is 0.888. The highest BCUT2D eigenvalue weighted by molar-refractivity contribution is 7.99. The van der Waals surface area contributed by atoms with Crippen LogP contribution in [0.5, 0.6) is 0 Å². The van der Waals surface area contributed by atoms with E-state index in [0.717, 1.165) is 44.9 Å². The lowest BCUT2D eigenvalue weighted by atomic mass is 10.2. The highest BCUT2D eigenvalue weighted by Gasteiger charge is 2.16. The summed E-state index contributed by atoms with van der Waals surface area (Å²) >= 11 is 1.80. The van der Waals surface area contributed by atoms with Gasteiger partial charge in [0.25, 0.3) is 0 Å². The SMILES string of the molecule is CCSc1cc2ccccc2nc1-c1nc2cc(C)ncc2n1C. The molecule has 0 radical (unpaired) electrons. The number of pyridine rings is 2. The molecule has 120 valence electrons. The number of rotatable bonds is 3. The van der Waals surface area contributed by atoms with Crippen molar-refractivity contribution in [3.05, 3.63) is 48.3 Å². The number of aromatic nitrogens is 4. The van der Waals surface area contributed by atoms with Gasteiger partial charge >= 0.3 is 0 Å². The summed E-state index contributed by atoms with van der Waals surface area (Å²) in [6, 6.07) is 12.5. The van der Waals surface area contributed by atoms with E-state index in [0.29, 0.717) is 0 Å². The molecule has 24 heavy (non-hydrogen) atoms. The number of benzene rings is 1. The topological polar surface area (TPSA) is 43.6 Å². The molecular formula is C19H18N4S. The molecule has 0 N–H and O–H groups in total. The number of hydrogen-bond donors (Lipinski definition) is 0. The van der Waals surface area contributed by atoms with Crippen LogP contribution in [-0.4, -0.2) is 25.3 Å². The van der Waals surface area contributed by atoms with E-state index in [9.17, 15) is 0 Å². The summed E-state index contributed by atoms with van der Waals surface area (Å²) in [6.07, 6.45) is 1.88. The van der Waals surface area contributed by atoms with Crippen LogP contribution in [-0.2, 0) is 7.05 Å². The van der Waals surface area contributed by atoms with Gasteiger partial charge in [0.15, 0.2) is 5.82 Å². The number of aryl methyl sites for hydroxylation is 2. The summed E-state index contributed by atoms with van der Waals surface area (Å²) < 4.78 is 2.08. The van der Waals surface area contributed by atoms with Crippen LogP contribution in [0.15, 0.2) is 47.5 Å². The van der Waals surface area contributed by atoms with Gasteiger partial charge in [0.05, 0.1) is 22.7 Å². The fourth-order valence-electron chi connectivity index (χ4n) is 2.92. The second kappa shape index (κ2) is 5.91. The molecule has 4 rings (SSSR count). The zero-order valence-corrected chi connectivity index (χ0v) is 14.8. The van der Waals surface area contributed by atoms with Crippen LogP contribution in [0.25, 0.3) is 33.5 Å². The van der Waals surface area contributed by atoms with Gasteiger partial charge in [-0.2, -0.15) is 0 Å². The molecule has 0 atom stereocenters. The summed E-state index contributed by atoms with van der Waals surface area (Å²) in [5.41, 5.74) is 4.90. The van der Waals surface area contributed by atoms with Gasteiger partial charge in [-0.15, -0.1) is 11.8 Å². The zero-order chi connectivity index (χ0) is 16.7. The van der Waals surface area contributed by atoms with Gasteiger partial charge in [0.2, 0.25) is 0 Å². The van der Waals surface area contributed by atoms with Crippen molar-refractivity contribution >= 4 is 33.7 Å². The first kappa shape index (κ1) is 15.1. The van der Waals surface area contributed by atoms with Crippen molar-refractivity contribution in [2.75, 3.05) is 5.75 Å². The van der Waals surface area contributed by atoms with Crippen molar-refractivity contribution in [3.63, 3.8) is 0 Å². The molecule has 4 nitrogen and oxygen atoms in total. The maximum Gasteiger partial charge on any atom is 0.160 e. The molecule has 0 amide bonds. The van der Waals surface area contributed by atoms with Crippen LogP contribution in [0, 0.1) is 6.92 Å². The van der Waals surface area contributed by atoms with Crippen molar-refractivity contribution in [1.29, 1.82) is 0 Å². The molecule has 0 aliphatic carbocycles. The van der Waals surface area contributed by atoms with Crippen molar-refractivity contribution in [2.24, 2.45) is 7.05 Å². The van der Waals surface area contributed by atoms with E-state index in [1.807, 2.05) is 44.4 Å². The number of fused-ring (bicyclic) bond motifs is 2. The quantitative estimate of drug-likeness (QED) is 0.513. The van der Waals surface area contributed by atoms with Gasteiger partial charge in [-0.1, -0.05) is 25.1 Å². The molecule has 0 unspecified atom stereocenters. The Bertz CT molecular complexity index is 1050. The Balaban J connectivity index is 2.01. The van der Waals surface area contributed by atoms with E-state index in [2.05, 4.69) is 28.6 Å². The summed E-state index contributed by atoms with van der Waals surface area (Å²) in [6.45, 7) is 4.15. The Labute approximate surface area is 145 Å². The van der Waals surface area contributed by atoms with E-state index in [-0.39, 0.29) is 0 Å². The van der Waals surface area contributed by atoms with Crippen LogP contribution in [0.1, 0.15) is 12.6 Å². The fourth-order valence-corrected chi connectivity index (χ4v) is 3.72. The molecule has 0 spiro atoms. The first-order valence-electron chi connectivity index (χ1n) is 7.99. The van der Waals surface area contributed by atoms with Crippen LogP contribution in [0.2, 0.25) is 0 Å². The average Bonchev–Trinajstić information content (AvgIpc) is 2.90. The lowest BCUT2D eigenvalue weighted by Crippen LogP contribution is -1.98. The zero-order valence-electron chi connectivity index (χ0n) is 13.9.